The van der Waals surface area contributed by atoms with E-state index >= 15 is 0 Å². The van der Waals surface area contributed by atoms with E-state index in [1.54, 1.807) is 0 Å². The lowest BCUT2D eigenvalue weighted by molar-refractivity contribution is -0.00971. The van der Waals surface area contributed by atoms with Crippen molar-refractivity contribution in [3.63, 3.8) is 0 Å². The molecule has 2 fully saturated rings. The quantitative estimate of drug-likeness (QED) is 0.650. The molecule has 0 radical (unpaired) electrons. The number of hydrogen-bond donors (Lipinski definition) is 1. The molecule has 0 amide bonds. The van der Waals surface area contributed by atoms with E-state index in [9.17, 15) is 5.11 Å². The van der Waals surface area contributed by atoms with Crippen LogP contribution in [-0.2, 0) is 4.74 Å². The summed E-state index contributed by atoms with van der Waals surface area (Å²) in [6.07, 6.45) is 4.36. The van der Waals surface area contributed by atoms with E-state index in [0.29, 0.717) is 6.04 Å². The predicted molar refractivity (Wildman–Crippen MR) is 50.7 cm³/mol. The lowest BCUT2D eigenvalue weighted by Crippen LogP contribution is -2.46. The second kappa shape index (κ2) is 4.40. The minimum Gasteiger partial charge on any atom is -0.393 e. The van der Waals surface area contributed by atoms with Gasteiger partial charge in [0.05, 0.1) is 19.3 Å². The zero-order valence-electron chi connectivity index (χ0n) is 8.11. The van der Waals surface area contributed by atoms with Crippen LogP contribution in [0.1, 0.15) is 25.7 Å². The van der Waals surface area contributed by atoms with Gasteiger partial charge in [0.15, 0.2) is 0 Å². The van der Waals surface area contributed by atoms with Gasteiger partial charge < -0.3 is 9.84 Å². The van der Waals surface area contributed by atoms with Gasteiger partial charge in [-0.25, -0.2) is 0 Å². The van der Waals surface area contributed by atoms with E-state index in [2.05, 4.69) is 4.90 Å². The Labute approximate surface area is 79.7 Å². The van der Waals surface area contributed by atoms with Crippen LogP contribution in [0.25, 0.3) is 0 Å². The van der Waals surface area contributed by atoms with Gasteiger partial charge in [-0.3, -0.25) is 4.90 Å². The molecule has 0 spiro atoms. The summed E-state index contributed by atoms with van der Waals surface area (Å²) in [4.78, 5) is 2.48. The van der Waals surface area contributed by atoms with Gasteiger partial charge in [-0.15, -0.1) is 0 Å². The third kappa shape index (κ3) is 2.42. The largest absolute Gasteiger partial charge is 0.393 e. The van der Waals surface area contributed by atoms with Crippen molar-refractivity contribution in [3.8, 4) is 0 Å². The van der Waals surface area contributed by atoms with E-state index in [1.807, 2.05) is 0 Å². The van der Waals surface area contributed by atoms with Crippen LogP contribution >= 0.6 is 0 Å². The van der Waals surface area contributed by atoms with E-state index in [1.165, 1.54) is 12.8 Å². The number of hydrogen-bond acceptors (Lipinski definition) is 3. The Bertz CT molecular complexity index is 157. The molecule has 76 valence electrons. The molecule has 1 aliphatic carbocycles. The van der Waals surface area contributed by atoms with E-state index in [-0.39, 0.29) is 6.10 Å². The first-order chi connectivity index (χ1) is 6.36. The van der Waals surface area contributed by atoms with Gasteiger partial charge >= 0.3 is 0 Å². The third-order valence-electron chi connectivity index (χ3n) is 3.18. The first-order valence-electron chi connectivity index (χ1n) is 5.36. The van der Waals surface area contributed by atoms with Crippen LogP contribution in [0.3, 0.4) is 0 Å². The second-order valence-corrected chi connectivity index (χ2v) is 4.12. The molecule has 0 bridgehead atoms. The Morgan fingerprint density at radius 2 is 1.92 bits per heavy atom. The maximum absolute atomic E-state index is 9.55. The van der Waals surface area contributed by atoms with Gasteiger partial charge in [0.2, 0.25) is 0 Å². The number of ether oxygens (including phenoxy) is 1. The molecular formula is C10H19NO2. The predicted octanol–water partition coefficient (Wildman–Crippen LogP) is 0.622. The summed E-state index contributed by atoms with van der Waals surface area (Å²) in [5.74, 6) is 0. The second-order valence-electron chi connectivity index (χ2n) is 4.12. The minimum atomic E-state index is -0.0541. The lowest BCUT2D eigenvalue weighted by atomic mass is 9.92. The van der Waals surface area contributed by atoms with Gasteiger partial charge in [0.25, 0.3) is 0 Å². The minimum absolute atomic E-state index is 0.0541. The van der Waals surface area contributed by atoms with Crippen molar-refractivity contribution >= 4 is 0 Å². The summed E-state index contributed by atoms with van der Waals surface area (Å²) in [5, 5.41) is 9.55. The molecule has 3 heteroatoms. The molecule has 13 heavy (non-hydrogen) atoms. The van der Waals surface area contributed by atoms with Crippen LogP contribution in [0.2, 0.25) is 0 Å². The van der Waals surface area contributed by atoms with Crippen molar-refractivity contribution in [2.24, 2.45) is 0 Å². The summed E-state index contributed by atoms with van der Waals surface area (Å²) < 4.78 is 5.31. The molecule has 2 rings (SSSR count). The summed E-state index contributed by atoms with van der Waals surface area (Å²) in [5.41, 5.74) is 0. The van der Waals surface area contributed by atoms with Crippen molar-refractivity contribution in [2.75, 3.05) is 26.3 Å². The molecule has 0 aromatic heterocycles. The van der Waals surface area contributed by atoms with Crippen LogP contribution in [0.15, 0.2) is 0 Å². The molecule has 2 unspecified atom stereocenters. The Morgan fingerprint density at radius 3 is 2.62 bits per heavy atom. The van der Waals surface area contributed by atoms with Crippen molar-refractivity contribution < 1.29 is 9.84 Å². The summed E-state index contributed by atoms with van der Waals surface area (Å²) >= 11 is 0. The van der Waals surface area contributed by atoms with Crippen molar-refractivity contribution in [2.45, 2.75) is 37.8 Å². The molecule has 2 atom stereocenters. The number of morpholine rings is 1. The molecular weight excluding hydrogens is 166 g/mol. The van der Waals surface area contributed by atoms with E-state index in [0.717, 1.165) is 39.1 Å². The molecule has 0 aromatic rings. The molecule has 2 aliphatic rings. The van der Waals surface area contributed by atoms with Gasteiger partial charge in [-0.1, -0.05) is 0 Å². The number of rotatable bonds is 1. The van der Waals surface area contributed by atoms with E-state index < -0.39 is 0 Å². The molecule has 0 aromatic carbocycles. The molecule has 1 saturated heterocycles. The van der Waals surface area contributed by atoms with Crippen LogP contribution in [-0.4, -0.2) is 48.5 Å². The van der Waals surface area contributed by atoms with Crippen LogP contribution in [0.4, 0.5) is 0 Å². The van der Waals surface area contributed by atoms with Crippen molar-refractivity contribution in [1.82, 2.24) is 4.90 Å². The molecule has 1 aliphatic heterocycles. The van der Waals surface area contributed by atoms with Crippen LogP contribution in [0, 0.1) is 0 Å². The van der Waals surface area contributed by atoms with E-state index in [4.69, 9.17) is 4.74 Å². The molecule has 3 nitrogen and oxygen atoms in total. The number of aliphatic hydroxyl groups excluding tert-OH is 1. The fourth-order valence-corrected chi connectivity index (χ4v) is 2.41. The summed E-state index contributed by atoms with van der Waals surface area (Å²) in [7, 11) is 0. The smallest absolute Gasteiger partial charge is 0.0594 e. The Kier molecular flexibility index (Phi) is 3.19. The normalized spacial score (nSPS) is 37.6. The maximum Gasteiger partial charge on any atom is 0.0594 e. The highest BCUT2D eigenvalue weighted by molar-refractivity contribution is 4.81. The lowest BCUT2D eigenvalue weighted by Gasteiger charge is -2.38. The van der Waals surface area contributed by atoms with Gasteiger partial charge in [-0.2, -0.15) is 0 Å². The van der Waals surface area contributed by atoms with Crippen molar-refractivity contribution in [1.29, 1.82) is 0 Å². The maximum atomic E-state index is 9.55. The first kappa shape index (κ1) is 9.44. The average Bonchev–Trinajstić information content (AvgIpc) is 2.19. The van der Waals surface area contributed by atoms with Gasteiger partial charge in [0.1, 0.15) is 0 Å². The first-order valence-corrected chi connectivity index (χ1v) is 5.36. The average molecular weight is 185 g/mol. The Balaban J connectivity index is 1.83. The monoisotopic (exact) mass is 185 g/mol. The molecule has 1 heterocycles. The fraction of sp³-hybridized carbons (Fsp3) is 1.00. The summed E-state index contributed by atoms with van der Waals surface area (Å²) in [6.45, 7) is 3.84. The fourth-order valence-electron chi connectivity index (χ4n) is 2.41. The van der Waals surface area contributed by atoms with Gasteiger partial charge in [0, 0.05) is 19.1 Å². The highest BCUT2D eigenvalue weighted by Crippen LogP contribution is 2.23. The highest BCUT2D eigenvalue weighted by atomic mass is 16.5. The number of aliphatic hydroxyl groups is 1. The van der Waals surface area contributed by atoms with Gasteiger partial charge in [-0.05, 0) is 25.7 Å². The molecule has 1 saturated carbocycles. The summed E-state index contributed by atoms with van der Waals surface area (Å²) in [6, 6.07) is 0.618. The number of nitrogens with zero attached hydrogens (tertiary/aromatic N) is 1. The topological polar surface area (TPSA) is 32.7 Å². The zero-order chi connectivity index (χ0) is 9.10. The SMILES string of the molecule is OC1CCCC(N2CCOCC2)C1. The van der Waals surface area contributed by atoms with Crippen LogP contribution in [0.5, 0.6) is 0 Å². The standard InChI is InChI=1S/C10H19NO2/c12-10-3-1-2-9(8-10)11-4-6-13-7-5-11/h9-10,12H,1-8H2. The Hall–Kier alpha value is -0.120. The zero-order valence-corrected chi connectivity index (χ0v) is 8.11. The third-order valence-corrected chi connectivity index (χ3v) is 3.18. The highest BCUT2D eigenvalue weighted by Gasteiger charge is 2.26. The van der Waals surface area contributed by atoms with Crippen molar-refractivity contribution in [3.05, 3.63) is 0 Å². The Morgan fingerprint density at radius 1 is 1.15 bits per heavy atom. The molecule has 1 N–H and O–H groups in total. The van der Waals surface area contributed by atoms with Crippen LogP contribution < -0.4 is 0 Å².